The fraction of sp³-hybridized carbons (Fsp3) is 0.444. The van der Waals surface area contributed by atoms with E-state index < -0.39 is 0 Å². The molecular weight excluding hydrogens is 248 g/mol. The average molecular weight is 259 g/mol. The van der Waals surface area contributed by atoms with Crippen LogP contribution in [0.2, 0.25) is 0 Å². The van der Waals surface area contributed by atoms with Crippen molar-refractivity contribution < 1.29 is 0 Å². The highest BCUT2D eigenvalue weighted by molar-refractivity contribution is 9.10. The lowest BCUT2D eigenvalue weighted by Crippen LogP contribution is -2.10. The molecule has 0 aliphatic heterocycles. The van der Waals surface area contributed by atoms with Crippen molar-refractivity contribution in [3.05, 3.63) is 20.8 Å². The summed E-state index contributed by atoms with van der Waals surface area (Å²) in [6.45, 7) is 2.04. The highest BCUT2D eigenvalue weighted by atomic mass is 79.9. The summed E-state index contributed by atoms with van der Waals surface area (Å²) < 4.78 is 1.13. The second-order valence-corrected chi connectivity index (χ2v) is 5.06. The molecule has 2 rings (SSSR count). The predicted octanol–water partition coefficient (Wildman–Crippen LogP) is 2.99. The molecule has 1 aromatic rings. The van der Waals surface area contributed by atoms with Crippen LogP contribution in [0.4, 0.5) is 0 Å². The lowest BCUT2D eigenvalue weighted by atomic mass is 10.3. The Balaban J connectivity index is 2.02. The Morgan fingerprint density at radius 1 is 1.69 bits per heavy atom. The molecule has 1 aliphatic carbocycles. The molecule has 0 spiro atoms. The van der Waals surface area contributed by atoms with Gasteiger partial charge in [-0.2, -0.15) is 5.10 Å². The van der Waals surface area contributed by atoms with Gasteiger partial charge in [-0.05, 0) is 41.8 Å². The van der Waals surface area contributed by atoms with Crippen molar-refractivity contribution in [2.45, 2.75) is 25.8 Å². The van der Waals surface area contributed by atoms with Crippen LogP contribution >= 0.6 is 27.3 Å². The van der Waals surface area contributed by atoms with Gasteiger partial charge >= 0.3 is 0 Å². The topological polar surface area (TPSA) is 24.4 Å². The van der Waals surface area contributed by atoms with Crippen molar-refractivity contribution in [3.8, 4) is 0 Å². The van der Waals surface area contributed by atoms with Gasteiger partial charge in [0, 0.05) is 15.9 Å². The largest absolute Gasteiger partial charge is 0.307 e. The molecule has 1 aromatic heterocycles. The Hall–Kier alpha value is -0.350. The molecule has 0 saturated heterocycles. The summed E-state index contributed by atoms with van der Waals surface area (Å²) in [7, 11) is 0. The Labute approximate surface area is 90.2 Å². The van der Waals surface area contributed by atoms with Crippen molar-refractivity contribution in [1.29, 1.82) is 0 Å². The monoisotopic (exact) mass is 258 g/mol. The first-order chi connectivity index (χ1) is 6.25. The Morgan fingerprint density at radius 2 is 2.46 bits per heavy atom. The standard InChI is InChI=1S/C9H11BrN2S/c1-6(11-12-8-2-3-8)9-4-7(10)5-13-9/h4-5,8,12H,2-3H2,1H3/b11-6+. The van der Waals surface area contributed by atoms with Crippen LogP contribution in [-0.4, -0.2) is 11.8 Å². The highest BCUT2D eigenvalue weighted by Gasteiger charge is 2.20. The summed E-state index contributed by atoms with van der Waals surface area (Å²) in [4.78, 5) is 1.22. The van der Waals surface area contributed by atoms with Crippen molar-refractivity contribution in [1.82, 2.24) is 5.43 Å². The third kappa shape index (κ3) is 2.54. The van der Waals surface area contributed by atoms with Gasteiger partial charge in [0.2, 0.25) is 0 Å². The van der Waals surface area contributed by atoms with Crippen LogP contribution in [0, 0.1) is 0 Å². The lowest BCUT2D eigenvalue weighted by molar-refractivity contribution is 0.737. The average Bonchev–Trinajstić information content (AvgIpc) is 2.84. The molecule has 1 N–H and O–H groups in total. The van der Waals surface area contributed by atoms with Gasteiger partial charge in [-0.1, -0.05) is 0 Å². The minimum Gasteiger partial charge on any atom is -0.307 e. The first-order valence-electron chi connectivity index (χ1n) is 4.30. The van der Waals surface area contributed by atoms with Crippen LogP contribution < -0.4 is 5.43 Å². The highest BCUT2D eigenvalue weighted by Crippen LogP contribution is 2.21. The third-order valence-electron chi connectivity index (χ3n) is 1.92. The first-order valence-corrected chi connectivity index (χ1v) is 5.97. The summed E-state index contributed by atoms with van der Waals surface area (Å²) in [5.74, 6) is 0. The molecule has 0 aromatic carbocycles. The summed E-state index contributed by atoms with van der Waals surface area (Å²) in [5, 5.41) is 6.40. The van der Waals surface area contributed by atoms with Gasteiger partial charge in [-0.25, -0.2) is 0 Å². The Morgan fingerprint density at radius 3 is 3.00 bits per heavy atom. The van der Waals surface area contributed by atoms with Crippen LogP contribution in [-0.2, 0) is 0 Å². The van der Waals surface area contributed by atoms with Crippen LogP contribution in [0.1, 0.15) is 24.6 Å². The van der Waals surface area contributed by atoms with Gasteiger partial charge in [-0.3, -0.25) is 0 Å². The van der Waals surface area contributed by atoms with Gasteiger partial charge in [0.25, 0.3) is 0 Å². The SMILES string of the molecule is C/C(=N\NC1CC1)c1cc(Br)cs1. The van der Waals surface area contributed by atoms with Gasteiger partial charge < -0.3 is 5.43 Å². The maximum Gasteiger partial charge on any atom is 0.0744 e. The van der Waals surface area contributed by atoms with Crippen LogP contribution in [0.3, 0.4) is 0 Å². The molecular formula is C9H11BrN2S. The number of thiophene rings is 1. The maximum absolute atomic E-state index is 4.33. The number of nitrogens with zero attached hydrogens (tertiary/aromatic N) is 1. The smallest absolute Gasteiger partial charge is 0.0744 e. The van der Waals surface area contributed by atoms with E-state index in [-0.39, 0.29) is 0 Å². The fourth-order valence-electron chi connectivity index (χ4n) is 0.958. The lowest BCUT2D eigenvalue weighted by Gasteiger charge is -1.97. The normalized spacial score (nSPS) is 17.5. The maximum atomic E-state index is 4.33. The number of hydrogen-bond donors (Lipinski definition) is 1. The molecule has 70 valence electrons. The van der Waals surface area contributed by atoms with E-state index in [1.807, 2.05) is 6.92 Å². The molecule has 1 fully saturated rings. The zero-order valence-corrected chi connectivity index (χ0v) is 9.78. The number of hydrazone groups is 1. The van der Waals surface area contributed by atoms with E-state index in [0.29, 0.717) is 6.04 Å². The van der Waals surface area contributed by atoms with Crippen molar-refractivity contribution in [2.24, 2.45) is 5.10 Å². The molecule has 0 amide bonds. The van der Waals surface area contributed by atoms with Crippen molar-refractivity contribution >= 4 is 33.0 Å². The van der Waals surface area contributed by atoms with E-state index in [1.54, 1.807) is 11.3 Å². The molecule has 0 atom stereocenters. The van der Waals surface area contributed by atoms with E-state index >= 15 is 0 Å². The summed E-state index contributed by atoms with van der Waals surface area (Å²) >= 11 is 5.14. The molecule has 13 heavy (non-hydrogen) atoms. The third-order valence-corrected chi connectivity index (χ3v) is 3.72. The summed E-state index contributed by atoms with van der Waals surface area (Å²) in [5.41, 5.74) is 4.22. The number of rotatable bonds is 3. The second kappa shape index (κ2) is 3.80. The minimum atomic E-state index is 0.637. The molecule has 0 unspecified atom stereocenters. The number of hydrogen-bond acceptors (Lipinski definition) is 3. The fourth-order valence-corrected chi connectivity index (χ4v) is 2.34. The quantitative estimate of drug-likeness (QED) is 0.655. The molecule has 1 saturated carbocycles. The number of nitrogens with one attached hydrogen (secondary N) is 1. The molecule has 1 aliphatic rings. The minimum absolute atomic E-state index is 0.637. The molecule has 1 heterocycles. The van der Waals surface area contributed by atoms with Crippen molar-refractivity contribution in [3.63, 3.8) is 0 Å². The van der Waals surface area contributed by atoms with Gasteiger partial charge in [-0.15, -0.1) is 11.3 Å². The van der Waals surface area contributed by atoms with E-state index in [0.717, 1.165) is 10.2 Å². The zero-order valence-electron chi connectivity index (χ0n) is 7.38. The zero-order chi connectivity index (χ0) is 9.26. The number of halogens is 1. The second-order valence-electron chi connectivity index (χ2n) is 3.23. The molecule has 0 bridgehead atoms. The van der Waals surface area contributed by atoms with E-state index in [2.05, 4.69) is 37.9 Å². The van der Waals surface area contributed by atoms with Crippen LogP contribution in [0.5, 0.6) is 0 Å². The van der Waals surface area contributed by atoms with Gasteiger partial charge in [0.1, 0.15) is 0 Å². The summed E-state index contributed by atoms with van der Waals surface area (Å²) in [6.07, 6.45) is 2.54. The van der Waals surface area contributed by atoms with E-state index in [9.17, 15) is 0 Å². The Bertz CT molecular complexity index is 328. The predicted molar refractivity (Wildman–Crippen MR) is 60.4 cm³/mol. The van der Waals surface area contributed by atoms with Gasteiger partial charge in [0.15, 0.2) is 0 Å². The first kappa shape index (κ1) is 9.21. The molecule has 4 heteroatoms. The van der Waals surface area contributed by atoms with Crippen LogP contribution in [0.15, 0.2) is 21.0 Å². The van der Waals surface area contributed by atoms with E-state index in [1.165, 1.54) is 17.7 Å². The van der Waals surface area contributed by atoms with Crippen LogP contribution in [0.25, 0.3) is 0 Å². The molecule has 2 nitrogen and oxygen atoms in total. The van der Waals surface area contributed by atoms with E-state index in [4.69, 9.17) is 0 Å². The molecule has 0 radical (unpaired) electrons. The van der Waals surface area contributed by atoms with Gasteiger partial charge in [0.05, 0.1) is 10.6 Å². The Kier molecular flexibility index (Phi) is 2.69. The van der Waals surface area contributed by atoms with Crippen molar-refractivity contribution in [2.75, 3.05) is 0 Å². The summed E-state index contributed by atoms with van der Waals surface area (Å²) in [6, 6.07) is 2.73.